The number of unbranched alkanes of at least 4 members (excludes halogenated alkanes) is 6. The number of anilines is 3. The molecule has 0 saturated carbocycles. The van der Waals surface area contributed by atoms with E-state index in [9.17, 15) is 4.79 Å². The Bertz CT molecular complexity index is 688. The first-order valence-electron chi connectivity index (χ1n) is 10.0. The van der Waals surface area contributed by atoms with E-state index < -0.39 is 0 Å². The lowest BCUT2D eigenvalue weighted by Gasteiger charge is -2.12. The van der Waals surface area contributed by atoms with Crippen LogP contribution in [-0.4, -0.2) is 10.9 Å². The van der Waals surface area contributed by atoms with Gasteiger partial charge in [0.15, 0.2) is 0 Å². The minimum atomic E-state index is 0.0350. The highest BCUT2D eigenvalue weighted by atomic mass is 16.1. The van der Waals surface area contributed by atoms with Gasteiger partial charge in [0, 0.05) is 31.0 Å². The number of carbonyl (C=O) groups excluding carboxylic acids is 1. The van der Waals surface area contributed by atoms with E-state index in [4.69, 9.17) is 5.73 Å². The highest BCUT2D eigenvalue weighted by molar-refractivity contribution is 5.94. The fourth-order valence-electron chi connectivity index (χ4n) is 2.95. The van der Waals surface area contributed by atoms with Gasteiger partial charge in [0.2, 0.25) is 5.91 Å². The topological polar surface area (TPSA) is 80.0 Å². The molecule has 146 valence electrons. The maximum atomic E-state index is 12.1. The van der Waals surface area contributed by atoms with Gasteiger partial charge >= 0.3 is 0 Å². The molecule has 1 amide bonds. The summed E-state index contributed by atoms with van der Waals surface area (Å²) in [5.74, 6) is 0.0350. The number of hydrogen-bond acceptors (Lipinski definition) is 4. The zero-order chi connectivity index (χ0) is 19.3. The van der Waals surface area contributed by atoms with Gasteiger partial charge in [0.1, 0.15) is 0 Å². The maximum Gasteiger partial charge on any atom is 0.224 e. The molecule has 0 saturated heterocycles. The van der Waals surface area contributed by atoms with E-state index in [1.165, 1.54) is 32.1 Å². The van der Waals surface area contributed by atoms with E-state index in [1.807, 2.05) is 30.3 Å². The molecule has 0 aliphatic heterocycles. The molecule has 0 radical (unpaired) electrons. The highest BCUT2D eigenvalue weighted by Gasteiger charge is 2.06. The molecular formula is C22H32N4O. The number of nitrogens with one attached hydrogen (secondary N) is 2. The minimum Gasteiger partial charge on any atom is -0.397 e. The van der Waals surface area contributed by atoms with Crippen LogP contribution < -0.4 is 16.4 Å². The molecule has 4 N–H and O–H groups in total. The molecule has 0 fully saturated rings. The van der Waals surface area contributed by atoms with Gasteiger partial charge in [-0.3, -0.25) is 9.78 Å². The molecule has 0 aliphatic rings. The van der Waals surface area contributed by atoms with Gasteiger partial charge < -0.3 is 16.4 Å². The van der Waals surface area contributed by atoms with Crippen molar-refractivity contribution in [1.82, 2.24) is 4.98 Å². The average molecular weight is 369 g/mol. The molecule has 0 unspecified atom stereocenters. The summed E-state index contributed by atoms with van der Waals surface area (Å²) in [6.07, 6.45) is 12.5. The highest BCUT2D eigenvalue weighted by Crippen LogP contribution is 2.23. The maximum absolute atomic E-state index is 12.1. The van der Waals surface area contributed by atoms with Crippen LogP contribution in [0.1, 0.15) is 63.9 Å². The van der Waals surface area contributed by atoms with Gasteiger partial charge in [-0.05, 0) is 42.3 Å². The van der Waals surface area contributed by atoms with Crippen molar-refractivity contribution in [2.45, 2.75) is 64.8 Å². The number of benzene rings is 1. The summed E-state index contributed by atoms with van der Waals surface area (Å²) >= 11 is 0. The quantitative estimate of drug-likeness (QED) is 0.348. The number of rotatable bonds is 12. The largest absolute Gasteiger partial charge is 0.397 e. The SMILES string of the molecule is CCCCCCCCCC(=O)Nc1ccc(NCc2ccncc2)cc1N. The molecule has 1 aromatic heterocycles. The van der Waals surface area contributed by atoms with E-state index >= 15 is 0 Å². The zero-order valence-corrected chi connectivity index (χ0v) is 16.3. The Hall–Kier alpha value is -2.56. The van der Waals surface area contributed by atoms with E-state index in [2.05, 4.69) is 22.5 Å². The second-order valence-corrected chi connectivity index (χ2v) is 6.93. The van der Waals surface area contributed by atoms with Crippen LogP contribution in [0, 0.1) is 0 Å². The first kappa shape index (κ1) is 20.7. The van der Waals surface area contributed by atoms with Crippen molar-refractivity contribution in [2.24, 2.45) is 0 Å². The number of pyridine rings is 1. The normalized spacial score (nSPS) is 10.6. The third-order valence-electron chi connectivity index (χ3n) is 4.58. The molecule has 1 heterocycles. The summed E-state index contributed by atoms with van der Waals surface area (Å²) in [6, 6.07) is 9.57. The van der Waals surface area contributed by atoms with Crippen LogP contribution in [0.25, 0.3) is 0 Å². The molecule has 27 heavy (non-hydrogen) atoms. The lowest BCUT2D eigenvalue weighted by atomic mass is 10.1. The van der Waals surface area contributed by atoms with Gasteiger partial charge in [-0.1, -0.05) is 45.4 Å². The molecule has 5 heteroatoms. The van der Waals surface area contributed by atoms with Crippen LogP contribution in [-0.2, 0) is 11.3 Å². The Morgan fingerprint density at radius 1 is 1.00 bits per heavy atom. The van der Waals surface area contributed by atoms with Gasteiger partial charge in [-0.15, -0.1) is 0 Å². The van der Waals surface area contributed by atoms with Crippen LogP contribution in [0.5, 0.6) is 0 Å². The third kappa shape index (κ3) is 8.11. The lowest BCUT2D eigenvalue weighted by Crippen LogP contribution is -2.12. The van der Waals surface area contributed by atoms with Crippen LogP contribution in [0.15, 0.2) is 42.7 Å². The smallest absolute Gasteiger partial charge is 0.224 e. The Labute approximate surface area is 162 Å². The number of carbonyl (C=O) groups is 1. The van der Waals surface area contributed by atoms with Crippen molar-refractivity contribution in [3.8, 4) is 0 Å². The second kappa shape index (κ2) is 11.9. The van der Waals surface area contributed by atoms with Crippen molar-refractivity contribution >= 4 is 23.0 Å². The van der Waals surface area contributed by atoms with Crippen LogP contribution in [0.2, 0.25) is 0 Å². The summed E-state index contributed by atoms with van der Waals surface area (Å²) < 4.78 is 0. The molecule has 2 rings (SSSR count). The van der Waals surface area contributed by atoms with Crippen molar-refractivity contribution in [3.05, 3.63) is 48.3 Å². The number of amides is 1. The fraction of sp³-hybridized carbons (Fsp3) is 0.455. The molecule has 0 bridgehead atoms. The summed E-state index contributed by atoms with van der Waals surface area (Å²) in [5.41, 5.74) is 9.42. The first-order chi connectivity index (χ1) is 13.2. The van der Waals surface area contributed by atoms with Gasteiger partial charge in [-0.25, -0.2) is 0 Å². The Morgan fingerprint density at radius 3 is 2.41 bits per heavy atom. The molecule has 2 aromatic rings. The standard InChI is InChI=1S/C22H32N4O/c1-2-3-4-5-6-7-8-9-22(27)26-21-11-10-19(16-20(21)23)25-17-18-12-14-24-15-13-18/h10-16,25H,2-9,17,23H2,1H3,(H,26,27). The van der Waals surface area contributed by atoms with Crippen molar-refractivity contribution < 1.29 is 4.79 Å². The summed E-state index contributed by atoms with van der Waals surface area (Å²) in [6.45, 7) is 2.92. The van der Waals surface area contributed by atoms with Crippen LogP contribution in [0.4, 0.5) is 17.1 Å². The van der Waals surface area contributed by atoms with Crippen molar-refractivity contribution in [3.63, 3.8) is 0 Å². The second-order valence-electron chi connectivity index (χ2n) is 6.93. The summed E-state index contributed by atoms with van der Waals surface area (Å²) in [5, 5.41) is 6.25. The number of hydrogen-bond donors (Lipinski definition) is 3. The lowest BCUT2D eigenvalue weighted by molar-refractivity contribution is -0.116. The fourth-order valence-corrected chi connectivity index (χ4v) is 2.95. The molecule has 5 nitrogen and oxygen atoms in total. The Morgan fingerprint density at radius 2 is 1.70 bits per heavy atom. The first-order valence-corrected chi connectivity index (χ1v) is 10.0. The van der Waals surface area contributed by atoms with E-state index in [1.54, 1.807) is 12.4 Å². The Balaban J connectivity index is 1.70. The van der Waals surface area contributed by atoms with Gasteiger partial charge in [0.05, 0.1) is 11.4 Å². The van der Waals surface area contributed by atoms with E-state index in [0.717, 1.165) is 24.1 Å². The summed E-state index contributed by atoms with van der Waals surface area (Å²) in [7, 11) is 0. The van der Waals surface area contributed by atoms with E-state index in [0.29, 0.717) is 24.3 Å². The average Bonchev–Trinajstić information content (AvgIpc) is 2.68. The van der Waals surface area contributed by atoms with Crippen molar-refractivity contribution in [1.29, 1.82) is 0 Å². The van der Waals surface area contributed by atoms with Crippen LogP contribution >= 0.6 is 0 Å². The number of nitrogens with two attached hydrogens (primary N) is 1. The monoisotopic (exact) mass is 368 g/mol. The van der Waals surface area contributed by atoms with E-state index in [-0.39, 0.29) is 5.91 Å². The molecule has 0 atom stereocenters. The molecular weight excluding hydrogens is 336 g/mol. The molecule has 0 spiro atoms. The summed E-state index contributed by atoms with van der Waals surface area (Å²) in [4.78, 5) is 16.1. The minimum absolute atomic E-state index is 0.0350. The predicted octanol–water partition coefficient (Wildman–Crippen LogP) is 5.36. The molecule has 0 aliphatic carbocycles. The predicted molar refractivity (Wildman–Crippen MR) is 114 cm³/mol. The zero-order valence-electron chi connectivity index (χ0n) is 16.3. The van der Waals surface area contributed by atoms with Crippen molar-refractivity contribution in [2.75, 3.05) is 16.4 Å². The number of nitrogens with zero attached hydrogens (tertiary/aromatic N) is 1. The molecule has 1 aromatic carbocycles. The van der Waals surface area contributed by atoms with Crippen LogP contribution in [0.3, 0.4) is 0 Å². The third-order valence-corrected chi connectivity index (χ3v) is 4.58. The number of aromatic nitrogens is 1. The van der Waals surface area contributed by atoms with Gasteiger partial charge in [-0.2, -0.15) is 0 Å². The Kier molecular flexibility index (Phi) is 9.18. The van der Waals surface area contributed by atoms with Gasteiger partial charge in [0.25, 0.3) is 0 Å². The number of nitrogen functional groups attached to an aromatic ring is 1.